The molecule has 0 aromatic carbocycles. The number of carbonyl (C=O) groups excluding carboxylic acids is 1. The number of sulfonamides is 1. The van der Waals surface area contributed by atoms with Gasteiger partial charge in [0.2, 0.25) is 10.0 Å². The summed E-state index contributed by atoms with van der Waals surface area (Å²) < 4.78 is 24.3. The zero-order chi connectivity index (χ0) is 10.4. The van der Waals surface area contributed by atoms with E-state index in [1.54, 1.807) is 0 Å². The maximum absolute atomic E-state index is 11.7. The highest BCUT2D eigenvalue weighted by molar-refractivity contribution is 7.90. The molecule has 2 saturated heterocycles. The molecule has 1 spiro atoms. The van der Waals surface area contributed by atoms with Crippen molar-refractivity contribution in [3.63, 3.8) is 0 Å². The summed E-state index contributed by atoms with van der Waals surface area (Å²) in [6, 6.07) is 0. The maximum Gasteiger partial charge on any atom is 0.221 e. The molecule has 0 aromatic rings. The fourth-order valence-corrected chi connectivity index (χ4v) is 3.88. The molecule has 0 aliphatic carbocycles. The fourth-order valence-electron chi connectivity index (χ4n) is 2.27. The Morgan fingerprint density at radius 2 is 1.93 bits per heavy atom. The Morgan fingerprint density at radius 1 is 1.36 bits per heavy atom. The SMILES string of the molecule is CN1C2(CCNCC2)C(=O)CS1(=O)=O. The molecule has 0 amide bonds. The van der Waals surface area contributed by atoms with Gasteiger partial charge in [-0.1, -0.05) is 0 Å². The Morgan fingerprint density at radius 3 is 2.36 bits per heavy atom. The van der Waals surface area contributed by atoms with Crippen LogP contribution in [-0.4, -0.2) is 49.9 Å². The zero-order valence-electron chi connectivity index (χ0n) is 8.12. The molecule has 2 aliphatic rings. The predicted molar refractivity (Wildman–Crippen MR) is 51.4 cm³/mol. The van der Waals surface area contributed by atoms with E-state index in [2.05, 4.69) is 5.32 Å². The van der Waals surface area contributed by atoms with Crippen LogP contribution in [0.1, 0.15) is 12.8 Å². The van der Waals surface area contributed by atoms with E-state index < -0.39 is 15.6 Å². The normalized spacial score (nSPS) is 31.1. The first-order valence-electron chi connectivity index (χ1n) is 4.70. The molecule has 0 radical (unpaired) electrons. The number of Topliss-reactive ketones (excluding diaryl/α,β-unsaturated/α-hetero) is 1. The summed E-state index contributed by atoms with van der Waals surface area (Å²) in [7, 11) is -1.81. The van der Waals surface area contributed by atoms with Crippen molar-refractivity contribution in [2.24, 2.45) is 0 Å². The first-order chi connectivity index (χ1) is 6.49. The number of hydrogen-bond acceptors (Lipinski definition) is 4. The number of piperidine rings is 1. The number of nitrogens with zero attached hydrogens (tertiary/aromatic N) is 1. The van der Waals surface area contributed by atoms with Crippen LogP contribution in [0.3, 0.4) is 0 Å². The maximum atomic E-state index is 11.7. The largest absolute Gasteiger partial charge is 0.317 e. The van der Waals surface area contributed by atoms with Gasteiger partial charge in [-0.3, -0.25) is 4.79 Å². The lowest BCUT2D eigenvalue weighted by Crippen LogP contribution is -2.54. The molecule has 6 heteroatoms. The third-order valence-corrected chi connectivity index (χ3v) is 5.09. The molecule has 80 valence electrons. The Balaban J connectivity index is 2.39. The van der Waals surface area contributed by atoms with Gasteiger partial charge >= 0.3 is 0 Å². The quantitative estimate of drug-likeness (QED) is 0.563. The molecule has 0 atom stereocenters. The minimum atomic E-state index is -3.33. The van der Waals surface area contributed by atoms with Crippen LogP contribution in [0, 0.1) is 0 Å². The first kappa shape index (κ1) is 10.1. The monoisotopic (exact) mass is 218 g/mol. The molecular formula is C8H14N2O3S. The van der Waals surface area contributed by atoms with Gasteiger partial charge in [0.1, 0.15) is 5.75 Å². The molecule has 0 unspecified atom stereocenters. The zero-order valence-corrected chi connectivity index (χ0v) is 8.93. The molecular weight excluding hydrogens is 204 g/mol. The lowest BCUT2D eigenvalue weighted by molar-refractivity contribution is -0.125. The summed E-state index contributed by atoms with van der Waals surface area (Å²) >= 11 is 0. The van der Waals surface area contributed by atoms with Gasteiger partial charge < -0.3 is 5.32 Å². The molecule has 2 heterocycles. The average Bonchev–Trinajstić information content (AvgIpc) is 2.30. The second-order valence-electron chi connectivity index (χ2n) is 3.93. The summed E-state index contributed by atoms with van der Waals surface area (Å²) in [5.74, 6) is -0.453. The van der Waals surface area contributed by atoms with Crippen molar-refractivity contribution in [1.82, 2.24) is 9.62 Å². The highest BCUT2D eigenvalue weighted by atomic mass is 32.2. The molecule has 2 aliphatic heterocycles. The molecule has 0 saturated carbocycles. The van der Waals surface area contributed by atoms with Gasteiger partial charge in [-0.2, -0.15) is 4.31 Å². The summed E-state index contributed by atoms with van der Waals surface area (Å²) in [6.07, 6.45) is 1.20. The Kier molecular flexibility index (Phi) is 2.17. The second kappa shape index (κ2) is 3.01. The average molecular weight is 218 g/mol. The van der Waals surface area contributed by atoms with Gasteiger partial charge in [0.15, 0.2) is 5.78 Å². The smallest absolute Gasteiger partial charge is 0.221 e. The Hall–Kier alpha value is -0.460. The fraction of sp³-hybridized carbons (Fsp3) is 0.875. The molecule has 5 nitrogen and oxygen atoms in total. The van der Waals surface area contributed by atoms with E-state index >= 15 is 0 Å². The molecule has 0 bridgehead atoms. The van der Waals surface area contributed by atoms with Crippen LogP contribution in [0.4, 0.5) is 0 Å². The highest BCUT2D eigenvalue weighted by Crippen LogP contribution is 2.34. The van der Waals surface area contributed by atoms with Crippen LogP contribution in [0.15, 0.2) is 0 Å². The van der Waals surface area contributed by atoms with Gasteiger partial charge in [0.25, 0.3) is 0 Å². The number of hydrogen-bond donors (Lipinski definition) is 1. The third kappa shape index (κ3) is 1.21. The summed E-state index contributed by atoms with van der Waals surface area (Å²) in [4.78, 5) is 11.7. The summed E-state index contributed by atoms with van der Waals surface area (Å²) in [5, 5.41) is 3.13. The molecule has 2 rings (SSSR count). The van der Waals surface area contributed by atoms with E-state index in [0.29, 0.717) is 25.9 Å². The van der Waals surface area contributed by atoms with Crippen LogP contribution in [0.25, 0.3) is 0 Å². The van der Waals surface area contributed by atoms with Crippen LogP contribution in [-0.2, 0) is 14.8 Å². The third-order valence-electron chi connectivity index (χ3n) is 3.28. The second-order valence-corrected chi connectivity index (χ2v) is 5.93. The van der Waals surface area contributed by atoms with Crippen molar-refractivity contribution in [3.8, 4) is 0 Å². The number of ketones is 1. The van der Waals surface area contributed by atoms with Crippen molar-refractivity contribution < 1.29 is 13.2 Å². The molecule has 14 heavy (non-hydrogen) atoms. The number of likely N-dealkylation sites (N-methyl/N-ethyl adjacent to an activating group) is 1. The van der Waals surface area contributed by atoms with Gasteiger partial charge in [0.05, 0.1) is 5.54 Å². The van der Waals surface area contributed by atoms with E-state index in [0.717, 1.165) is 0 Å². The first-order valence-corrected chi connectivity index (χ1v) is 6.31. The van der Waals surface area contributed by atoms with Crippen molar-refractivity contribution in [2.45, 2.75) is 18.4 Å². The van der Waals surface area contributed by atoms with E-state index in [1.165, 1.54) is 11.4 Å². The number of rotatable bonds is 0. The van der Waals surface area contributed by atoms with Gasteiger partial charge in [0, 0.05) is 7.05 Å². The lowest BCUT2D eigenvalue weighted by Gasteiger charge is -2.36. The van der Waals surface area contributed by atoms with Crippen LogP contribution < -0.4 is 5.32 Å². The number of carbonyl (C=O) groups is 1. The minimum Gasteiger partial charge on any atom is -0.317 e. The highest BCUT2D eigenvalue weighted by Gasteiger charge is 2.54. The topological polar surface area (TPSA) is 66.5 Å². The van der Waals surface area contributed by atoms with E-state index in [1.807, 2.05) is 0 Å². The standard InChI is InChI=1S/C8H14N2O3S/c1-10-8(2-4-9-5-3-8)7(11)6-14(10,12)13/h9H,2-6H2,1H3. The minimum absolute atomic E-state index is 0.137. The van der Waals surface area contributed by atoms with Crippen molar-refractivity contribution in [1.29, 1.82) is 0 Å². The molecule has 1 N–H and O–H groups in total. The van der Waals surface area contributed by atoms with Crippen LogP contribution in [0.5, 0.6) is 0 Å². The summed E-state index contributed by atoms with van der Waals surface area (Å²) in [6.45, 7) is 1.43. The Labute approximate surface area is 83.5 Å². The predicted octanol–water partition coefficient (Wildman–Crippen LogP) is -1.05. The van der Waals surface area contributed by atoms with Crippen molar-refractivity contribution >= 4 is 15.8 Å². The summed E-state index contributed by atoms with van der Waals surface area (Å²) in [5.41, 5.74) is -0.732. The Bertz CT molecular complexity index is 357. The van der Waals surface area contributed by atoms with Gasteiger partial charge in [-0.05, 0) is 25.9 Å². The van der Waals surface area contributed by atoms with Gasteiger partial charge in [-0.25, -0.2) is 8.42 Å². The van der Waals surface area contributed by atoms with Crippen molar-refractivity contribution in [2.75, 3.05) is 25.9 Å². The van der Waals surface area contributed by atoms with Crippen molar-refractivity contribution in [3.05, 3.63) is 0 Å². The number of nitrogens with one attached hydrogen (secondary N) is 1. The van der Waals surface area contributed by atoms with E-state index in [4.69, 9.17) is 0 Å². The molecule has 0 aromatic heterocycles. The lowest BCUT2D eigenvalue weighted by atomic mass is 9.85. The van der Waals surface area contributed by atoms with Gasteiger partial charge in [-0.15, -0.1) is 0 Å². The van der Waals surface area contributed by atoms with E-state index in [9.17, 15) is 13.2 Å². The van der Waals surface area contributed by atoms with E-state index in [-0.39, 0.29) is 11.5 Å². The van der Waals surface area contributed by atoms with Crippen LogP contribution >= 0.6 is 0 Å². The van der Waals surface area contributed by atoms with Crippen LogP contribution in [0.2, 0.25) is 0 Å². The molecule has 2 fully saturated rings.